The van der Waals surface area contributed by atoms with Gasteiger partial charge in [0, 0.05) is 17.9 Å². The summed E-state index contributed by atoms with van der Waals surface area (Å²) in [5.41, 5.74) is 4.31. The maximum absolute atomic E-state index is 10.6. The molecular weight excluding hydrogens is 314 g/mol. The largest absolute Gasteiger partial charge is 0.397 e. The minimum absolute atomic E-state index is 0.0624. The van der Waals surface area contributed by atoms with Crippen LogP contribution in [-0.2, 0) is 14.6 Å². The molecule has 2 aromatic carbocycles. The van der Waals surface area contributed by atoms with E-state index < -0.39 is 10.4 Å². The maximum atomic E-state index is 10.6. The fraction of sp³-hybridized carbons (Fsp3) is 0.176. The third kappa shape index (κ3) is 3.79. The second-order valence-corrected chi connectivity index (χ2v) is 6.30. The molecule has 1 aliphatic rings. The highest BCUT2D eigenvalue weighted by molar-refractivity contribution is 7.80. The van der Waals surface area contributed by atoms with Gasteiger partial charge >= 0.3 is 10.4 Å². The van der Waals surface area contributed by atoms with E-state index in [1.807, 2.05) is 48.5 Å². The van der Waals surface area contributed by atoms with Crippen molar-refractivity contribution < 1.29 is 17.2 Å². The Morgan fingerprint density at radius 3 is 1.96 bits per heavy atom. The van der Waals surface area contributed by atoms with Gasteiger partial charge in [-0.2, -0.15) is 8.42 Å². The van der Waals surface area contributed by atoms with Crippen LogP contribution in [0.2, 0.25) is 0 Å². The van der Waals surface area contributed by atoms with Crippen molar-refractivity contribution in [2.24, 2.45) is 0 Å². The Hall–Kier alpha value is -2.15. The summed E-state index contributed by atoms with van der Waals surface area (Å²) in [7, 11) is -4.39. The lowest BCUT2D eigenvalue weighted by Crippen LogP contribution is -2.21. The molecule has 0 radical (unpaired) electrons. The molecular formula is C17H17NO4S. The molecule has 5 nitrogen and oxygen atoms in total. The van der Waals surface area contributed by atoms with Crippen molar-refractivity contribution in [3.8, 4) is 0 Å². The van der Waals surface area contributed by atoms with Crippen LogP contribution in [0.5, 0.6) is 0 Å². The Morgan fingerprint density at radius 2 is 1.43 bits per heavy atom. The first-order valence-corrected chi connectivity index (χ1v) is 8.67. The zero-order chi connectivity index (χ0) is 16.3. The minimum atomic E-state index is -4.39. The van der Waals surface area contributed by atoms with E-state index in [-0.39, 0.29) is 6.61 Å². The van der Waals surface area contributed by atoms with E-state index in [1.165, 1.54) is 0 Å². The maximum Gasteiger partial charge on any atom is 0.397 e. The summed E-state index contributed by atoms with van der Waals surface area (Å²) in [6, 6.07) is 16.1. The van der Waals surface area contributed by atoms with E-state index in [9.17, 15) is 8.42 Å². The van der Waals surface area contributed by atoms with E-state index >= 15 is 0 Å². The predicted molar refractivity (Wildman–Crippen MR) is 90.9 cm³/mol. The fourth-order valence-electron chi connectivity index (χ4n) is 2.69. The number of para-hydroxylation sites is 2. The predicted octanol–water partition coefficient (Wildman–Crippen LogP) is 3.52. The van der Waals surface area contributed by atoms with E-state index in [1.54, 1.807) is 0 Å². The monoisotopic (exact) mass is 331 g/mol. The molecule has 1 N–H and O–H groups in total. The van der Waals surface area contributed by atoms with Gasteiger partial charge in [-0.15, -0.1) is 0 Å². The van der Waals surface area contributed by atoms with Gasteiger partial charge in [-0.1, -0.05) is 48.6 Å². The molecule has 2 aromatic rings. The molecule has 0 unspecified atom stereocenters. The van der Waals surface area contributed by atoms with Crippen molar-refractivity contribution in [1.29, 1.82) is 0 Å². The van der Waals surface area contributed by atoms with Crippen LogP contribution in [0.1, 0.15) is 17.5 Å². The van der Waals surface area contributed by atoms with Gasteiger partial charge in [0.2, 0.25) is 0 Å². The molecule has 0 fully saturated rings. The smallest absolute Gasteiger partial charge is 0.340 e. The van der Waals surface area contributed by atoms with Crippen LogP contribution in [0.15, 0.2) is 48.5 Å². The third-order valence-electron chi connectivity index (χ3n) is 3.66. The fourth-order valence-corrected chi connectivity index (χ4v) is 3.01. The molecule has 23 heavy (non-hydrogen) atoms. The van der Waals surface area contributed by atoms with E-state index in [2.05, 4.69) is 21.2 Å². The van der Waals surface area contributed by atoms with E-state index in [4.69, 9.17) is 4.55 Å². The van der Waals surface area contributed by atoms with Crippen LogP contribution in [0.3, 0.4) is 0 Å². The Bertz CT molecular complexity index is 780. The molecule has 0 spiro atoms. The average Bonchev–Trinajstić information content (AvgIpc) is 2.68. The molecule has 0 bridgehead atoms. The van der Waals surface area contributed by atoms with Gasteiger partial charge in [-0.05, 0) is 29.7 Å². The number of nitrogens with zero attached hydrogens (tertiary/aromatic N) is 1. The summed E-state index contributed by atoms with van der Waals surface area (Å²) in [6.45, 7) is 0.512. The molecule has 3 rings (SSSR count). The van der Waals surface area contributed by atoms with Crippen LogP contribution in [-0.4, -0.2) is 26.1 Å². The third-order valence-corrected chi connectivity index (χ3v) is 4.12. The lowest BCUT2D eigenvalue weighted by molar-refractivity contribution is 0.266. The van der Waals surface area contributed by atoms with Gasteiger partial charge < -0.3 is 4.90 Å². The number of anilines is 2. The molecule has 0 aromatic heterocycles. The van der Waals surface area contributed by atoms with E-state index in [0.29, 0.717) is 13.0 Å². The van der Waals surface area contributed by atoms with Gasteiger partial charge in [0.05, 0.1) is 6.61 Å². The first-order valence-electron chi connectivity index (χ1n) is 7.30. The normalized spacial score (nSPS) is 13.3. The van der Waals surface area contributed by atoms with Crippen LogP contribution in [0.4, 0.5) is 11.4 Å². The van der Waals surface area contributed by atoms with Crippen molar-refractivity contribution in [1.82, 2.24) is 0 Å². The average molecular weight is 331 g/mol. The molecule has 0 aliphatic carbocycles. The summed E-state index contributed by atoms with van der Waals surface area (Å²) in [5, 5.41) is 0. The molecule has 0 saturated heterocycles. The topological polar surface area (TPSA) is 66.8 Å². The van der Waals surface area contributed by atoms with Crippen LogP contribution in [0.25, 0.3) is 12.2 Å². The molecule has 0 atom stereocenters. The van der Waals surface area contributed by atoms with Crippen molar-refractivity contribution in [2.75, 3.05) is 18.1 Å². The number of benzene rings is 2. The van der Waals surface area contributed by atoms with Crippen LogP contribution < -0.4 is 4.90 Å². The van der Waals surface area contributed by atoms with Gasteiger partial charge in [-0.25, -0.2) is 4.18 Å². The summed E-state index contributed by atoms with van der Waals surface area (Å²) in [5.74, 6) is 0. The minimum Gasteiger partial charge on any atom is -0.340 e. The first-order chi connectivity index (χ1) is 11.0. The van der Waals surface area contributed by atoms with Crippen molar-refractivity contribution >= 4 is 33.9 Å². The quantitative estimate of drug-likeness (QED) is 0.671. The van der Waals surface area contributed by atoms with Crippen LogP contribution in [0, 0.1) is 0 Å². The zero-order valence-corrected chi connectivity index (χ0v) is 13.2. The van der Waals surface area contributed by atoms with Crippen molar-refractivity contribution in [3.05, 3.63) is 59.7 Å². The Morgan fingerprint density at radius 1 is 0.913 bits per heavy atom. The number of rotatable bonds is 5. The number of fused-ring (bicyclic) bond motifs is 2. The summed E-state index contributed by atoms with van der Waals surface area (Å²) in [4.78, 5) is 2.14. The van der Waals surface area contributed by atoms with Gasteiger partial charge in [0.25, 0.3) is 0 Å². The highest BCUT2D eigenvalue weighted by Crippen LogP contribution is 2.36. The molecule has 0 amide bonds. The molecule has 0 saturated carbocycles. The lowest BCUT2D eigenvalue weighted by atomic mass is 10.1. The number of hydrogen-bond acceptors (Lipinski definition) is 4. The second-order valence-electron chi connectivity index (χ2n) is 5.21. The molecule has 1 aliphatic heterocycles. The number of hydrogen-bond donors (Lipinski definition) is 1. The SMILES string of the molecule is O=S(=O)(O)OCCCN1c2ccccc2C=Cc2ccccc21. The summed E-state index contributed by atoms with van der Waals surface area (Å²) >= 11 is 0. The molecule has 120 valence electrons. The van der Waals surface area contributed by atoms with E-state index in [0.717, 1.165) is 22.5 Å². The van der Waals surface area contributed by atoms with Gasteiger partial charge in [-0.3, -0.25) is 4.55 Å². The molecule has 1 heterocycles. The lowest BCUT2D eigenvalue weighted by Gasteiger charge is -2.26. The van der Waals surface area contributed by atoms with Crippen LogP contribution >= 0.6 is 0 Å². The summed E-state index contributed by atoms with van der Waals surface area (Å²) < 4.78 is 34.3. The second kappa shape index (κ2) is 6.54. The highest BCUT2D eigenvalue weighted by atomic mass is 32.3. The van der Waals surface area contributed by atoms with Gasteiger partial charge in [0.1, 0.15) is 0 Å². The zero-order valence-electron chi connectivity index (χ0n) is 12.4. The van der Waals surface area contributed by atoms with Gasteiger partial charge in [0.15, 0.2) is 0 Å². The van der Waals surface area contributed by atoms with Crippen molar-refractivity contribution in [2.45, 2.75) is 6.42 Å². The standard InChI is InChI=1S/C17H17NO4S/c19-23(20,21)22-13-5-12-18-16-8-3-1-6-14(16)10-11-15-7-2-4-9-17(15)18/h1-4,6-11H,5,12-13H2,(H,19,20,21). The Balaban J connectivity index is 1.87. The Kier molecular flexibility index (Phi) is 4.47. The van der Waals surface area contributed by atoms with Crippen molar-refractivity contribution in [3.63, 3.8) is 0 Å². The molecule has 6 heteroatoms. The summed E-state index contributed by atoms with van der Waals surface area (Å²) in [6.07, 6.45) is 4.61. The Labute approximate surface area is 135 Å². The highest BCUT2D eigenvalue weighted by Gasteiger charge is 2.17. The first kappa shape index (κ1) is 15.7.